The van der Waals surface area contributed by atoms with Gasteiger partial charge in [-0.2, -0.15) is 0 Å². The zero-order chi connectivity index (χ0) is 15.0. The fourth-order valence-corrected chi connectivity index (χ4v) is 1.53. The Bertz CT molecular complexity index is 417. The highest BCUT2D eigenvalue weighted by atomic mass is 127. The van der Waals surface area contributed by atoms with Crippen LogP contribution in [0.3, 0.4) is 0 Å². The summed E-state index contributed by atoms with van der Waals surface area (Å²) in [5, 5.41) is 6.66. The molecule has 0 aliphatic rings. The van der Waals surface area contributed by atoms with Gasteiger partial charge in [-0.3, -0.25) is 9.98 Å². The topological polar surface area (TPSA) is 52.6 Å². The van der Waals surface area contributed by atoms with Crippen molar-refractivity contribution in [1.29, 1.82) is 0 Å². The normalized spacial score (nSPS) is 12.0. The van der Waals surface area contributed by atoms with E-state index in [1.807, 2.05) is 24.4 Å². The van der Waals surface area contributed by atoms with E-state index in [9.17, 15) is 0 Å². The number of pyridine rings is 1. The van der Waals surface area contributed by atoms with Crippen molar-refractivity contribution in [3.05, 3.63) is 30.1 Å². The lowest BCUT2D eigenvalue weighted by Crippen LogP contribution is -2.51. The van der Waals surface area contributed by atoms with Crippen molar-refractivity contribution in [3.63, 3.8) is 0 Å². The highest BCUT2D eigenvalue weighted by Crippen LogP contribution is 2.07. The monoisotopic (exact) mass is 405 g/mol. The predicted molar refractivity (Wildman–Crippen MR) is 100 cm³/mol. The van der Waals surface area contributed by atoms with Gasteiger partial charge in [-0.15, -0.1) is 24.0 Å². The molecule has 0 aromatic carbocycles. The summed E-state index contributed by atoms with van der Waals surface area (Å²) >= 11 is 0. The Morgan fingerprint density at radius 1 is 1.29 bits per heavy atom. The van der Waals surface area contributed by atoms with Crippen LogP contribution in [0.1, 0.15) is 19.5 Å². The largest absolute Gasteiger partial charge is 0.356 e. The van der Waals surface area contributed by atoms with Gasteiger partial charge in [-0.05, 0) is 40.1 Å². The number of aromatic nitrogens is 1. The van der Waals surface area contributed by atoms with Gasteiger partial charge in [0, 0.05) is 44.0 Å². The van der Waals surface area contributed by atoms with Gasteiger partial charge >= 0.3 is 0 Å². The highest BCUT2D eigenvalue weighted by Gasteiger charge is 2.20. The number of halogens is 1. The van der Waals surface area contributed by atoms with E-state index >= 15 is 0 Å². The molecule has 120 valence electrons. The summed E-state index contributed by atoms with van der Waals surface area (Å²) in [4.78, 5) is 10.7. The number of guanidine groups is 1. The molecule has 1 aromatic heterocycles. The van der Waals surface area contributed by atoms with Crippen molar-refractivity contribution in [2.45, 2.75) is 25.8 Å². The molecular weight excluding hydrogens is 377 g/mol. The van der Waals surface area contributed by atoms with Crippen molar-refractivity contribution in [2.24, 2.45) is 4.99 Å². The maximum atomic E-state index is 4.30. The third-order valence-electron chi connectivity index (χ3n) is 3.52. The fourth-order valence-electron chi connectivity index (χ4n) is 1.53. The maximum Gasteiger partial charge on any atom is 0.191 e. The molecule has 0 saturated heterocycles. The van der Waals surface area contributed by atoms with E-state index in [-0.39, 0.29) is 29.5 Å². The Morgan fingerprint density at radius 2 is 2.00 bits per heavy atom. The first-order valence-electron chi connectivity index (χ1n) is 6.97. The average molecular weight is 405 g/mol. The van der Waals surface area contributed by atoms with Gasteiger partial charge in [-0.25, -0.2) is 0 Å². The van der Waals surface area contributed by atoms with Gasteiger partial charge in [0.1, 0.15) is 0 Å². The first-order chi connectivity index (χ1) is 9.45. The molecule has 0 amide bonds. The number of hydrogen-bond acceptors (Lipinski definition) is 3. The highest BCUT2D eigenvalue weighted by molar-refractivity contribution is 14.0. The molecule has 0 radical (unpaired) electrons. The third-order valence-corrected chi connectivity index (χ3v) is 3.52. The van der Waals surface area contributed by atoms with Gasteiger partial charge in [0.05, 0.1) is 0 Å². The molecule has 0 bridgehead atoms. The number of likely N-dealkylation sites (N-methyl/N-ethyl adjacent to an activating group) is 1. The molecule has 21 heavy (non-hydrogen) atoms. The van der Waals surface area contributed by atoms with E-state index in [1.54, 1.807) is 7.05 Å². The third kappa shape index (κ3) is 7.61. The molecule has 1 heterocycles. The second-order valence-corrected chi connectivity index (χ2v) is 5.63. The van der Waals surface area contributed by atoms with Crippen molar-refractivity contribution in [2.75, 3.05) is 34.2 Å². The van der Waals surface area contributed by atoms with Crippen LogP contribution < -0.4 is 10.6 Å². The molecule has 0 fully saturated rings. The predicted octanol–water partition coefficient (Wildman–Crippen LogP) is 1.75. The smallest absolute Gasteiger partial charge is 0.191 e. The summed E-state index contributed by atoms with van der Waals surface area (Å²) in [6.07, 6.45) is 2.71. The lowest BCUT2D eigenvalue weighted by atomic mass is 10.0. The summed E-state index contributed by atoms with van der Waals surface area (Å²) in [7, 11) is 5.96. The van der Waals surface area contributed by atoms with E-state index in [0.29, 0.717) is 0 Å². The second kappa shape index (κ2) is 9.94. The van der Waals surface area contributed by atoms with E-state index < -0.39 is 0 Å². The minimum Gasteiger partial charge on any atom is -0.356 e. The van der Waals surface area contributed by atoms with E-state index in [4.69, 9.17) is 0 Å². The Labute approximate surface area is 145 Å². The molecule has 0 saturated carbocycles. The number of aliphatic imine (C=N–C) groups is 1. The molecule has 2 N–H and O–H groups in total. The summed E-state index contributed by atoms with van der Waals surface area (Å²) in [5.74, 6) is 0.829. The second-order valence-electron chi connectivity index (χ2n) is 5.63. The first-order valence-corrected chi connectivity index (χ1v) is 6.97. The Hall–Kier alpha value is -0.890. The van der Waals surface area contributed by atoms with Crippen LogP contribution in [0.25, 0.3) is 0 Å². The quantitative estimate of drug-likeness (QED) is 0.430. The molecular formula is C15H28IN5. The summed E-state index contributed by atoms with van der Waals surface area (Å²) in [5.41, 5.74) is 1.17. The SMILES string of the molecule is CN=C(NCCc1ccccn1)NCC(C)(C)N(C)C.I. The molecule has 1 aromatic rings. The Kier molecular flexibility index (Phi) is 9.52. The minimum absolute atomic E-state index is 0. The van der Waals surface area contributed by atoms with Gasteiger partial charge in [-0.1, -0.05) is 6.07 Å². The maximum absolute atomic E-state index is 4.30. The van der Waals surface area contributed by atoms with Crippen LogP contribution in [-0.4, -0.2) is 55.6 Å². The van der Waals surface area contributed by atoms with Crippen LogP contribution in [0, 0.1) is 0 Å². The van der Waals surface area contributed by atoms with Crippen LogP contribution >= 0.6 is 24.0 Å². The number of nitrogens with one attached hydrogen (secondary N) is 2. The summed E-state index contributed by atoms with van der Waals surface area (Å²) < 4.78 is 0. The van der Waals surface area contributed by atoms with Crippen LogP contribution in [0.15, 0.2) is 29.4 Å². The van der Waals surface area contributed by atoms with Gasteiger partial charge in [0.15, 0.2) is 5.96 Å². The number of nitrogens with zero attached hydrogens (tertiary/aromatic N) is 3. The molecule has 0 spiro atoms. The van der Waals surface area contributed by atoms with Gasteiger partial charge in [0.2, 0.25) is 0 Å². The summed E-state index contributed by atoms with van der Waals surface area (Å²) in [6, 6.07) is 5.97. The zero-order valence-electron chi connectivity index (χ0n) is 13.7. The molecule has 5 nitrogen and oxygen atoms in total. The molecule has 0 aliphatic heterocycles. The standard InChI is InChI=1S/C15H27N5.HI/c1-15(2,20(4)5)12-19-14(16-3)18-11-9-13-8-6-7-10-17-13;/h6-8,10H,9,11-12H2,1-5H3,(H2,16,18,19);1H. The van der Waals surface area contributed by atoms with Crippen molar-refractivity contribution < 1.29 is 0 Å². The molecule has 0 atom stereocenters. The lowest BCUT2D eigenvalue weighted by Gasteiger charge is -2.33. The number of rotatable bonds is 6. The van der Waals surface area contributed by atoms with Crippen LogP contribution in [0.5, 0.6) is 0 Å². The fraction of sp³-hybridized carbons (Fsp3) is 0.600. The Balaban J connectivity index is 0.00000400. The molecule has 0 unspecified atom stereocenters. The van der Waals surface area contributed by atoms with Crippen molar-refractivity contribution in [3.8, 4) is 0 Å². The van der Waals surface area contributed by atoms with Crippen LogP contribution in [-0.2, 0) is 6.42 Å². The molecule has 6 heteroatoms. The summed E-state index contributed by atoms with van der Waals surface area (Å²) in [6.45, 7) is 6.05. The molecule has 1 rings (SSSR count). The minimum atomic E-state index is 0. The number of hydrogen-bond donors (Lipinski definition) is 2. The Morgan fingerprint density at radius 3 is 2.52 bits per heavy atom. The first kappa shape index (κ1) is 20.1. The van der Waals surface area contributed by atoms with Gasteiger partial charge in [0.25, 0.3) is 0 Å². The van der Waals surface area contributed by atoms with Crippen LogP contribution in [0.4, 0.5) is 0 Å². The molecule has 0 aliphatic carbocycles. The zero-order valence-corrected chi connectivity index (χ0v) is 16.0. The lowest BCUT2D eigenvalue weighted by molar-refractivity contribution is 0.197. The van der Waals surface area contributed by atoms with Crippen molar-refractivity contribution >= 4 is 29.9 Å². The average Bonchev–Trinajstić information content (AvgIpc) is 2.43. The van der Waals surface area contributed by atoms with Gasteiger partial charge < -0.3 is 15.5 Å². The van der Waals surface area contributed by atoms with Crippen molar-refractivity contribution in [1.82, 2.24) is 20.5 Å². The van der Waals surface area contributed by atoms with E-state index in [2.05, 4.69) is 53.5 Å². The van der Waals surface area contributed by atoms with E-state index in [0.717, 1.165) is 31.2 Å². The van der Waals surface area contributed by atoms with Crippen LogP contribution in [0.2, 0.25) is 0 Å². The van der Waals surface area contributed by atoms with E-state index in [1.165, 1.54) is 0 Å².